The van der Waals surface area contributed by atoms with Gasteiger partial charge >= 0.3 is 0 Å². The monoisotopic (exact) mass is 353 g/mol. The van der Waals surface area contributed by atoms with Gasteiger partial charge in [0.15, 0.2) is 0 Å². The Hall–Kier alpha value is -1.48. The summed E-state index contributed by atoms with van der Waals surface area (Å²) in [5, 5.41) is 2.84. The van der Waals surface area contributed by atoms with Crippen LogP contribution < -0.4 is 10.0 Å². The number of hydrogen-bond donors (Lipinski definition) is 2. The fourth-order valence-corrected chi connectivity index (χ4v) is 3.90. The van der Waals surface area contributed by atoms with Gasteiger partial charge in [0, 0.05) is 37.8 Å². The molecule has 2 N–H and O–H groups in total. The highest BCUT2D eigenvalue weighted by Crippen LogP contribution is 2.22. The molecule has 1 saturated heterocycles. The maximum absolute atomic E-state index is 12.2. The molecule has 0 radical (unpaired) electrons. The fraction of sp³-hybridized carbons (Fsp3) is 0.562. The minimum atomic E-state index is -3.54. The van der Waals surface area contributed by atoms with Crippen molar-refractivity contribution in [1.82, 2.24) is 14.9 Å². The normalized spacial score (nSPS) is 19.2. The van der Waals surface area contributed by atoms with Crippen LogP contribution in [0, 0.1) is 0 Å². The number of amides is 1. The minimum Gasteiger partial charge on any atom is -0.379 e. The highest BCUT2D eigenvalue weighted by molar-refractivity contribution is 7.89. The Kier molecular flexibility index (Phi) is 5.50. The zero-order valence-electron chi connectivity index (χ0n) is 13.5. The molecule has 132 valence electrons. The number of sulfonamides is 1. The van der Waals surface area contributed by atoms with E-state index in [0.29, 0.717) is 12.1 Å². The lowest BCUT2D eigenvalue weighted by Gasteiger charge is -2.26. The van der Waals surface area contributed by atoms with Crippen LogP contribution in [0.1, 0.15) is 23.2 Å². The maximum atomic E-state index is 12.2. The van der Waals surface area contributed by atoms with E-state index in [-0.39, 0.29) is 16.8 Å². The summed E-state index contributed by atoms with van der Waals surface area (Å²) in [6.07, 6.45) is 1.75. The van der Waals surface area contributed by atoms with E-state index in [4.69, 9.17) is 4.74 Å². The van der Waals surface area contributed by atoms with Gasteiger partial charge in [-0.3, -0.25) is 9.69 Å². The Morgan fingerprint density at radius 1 is 1.25 bits per heavy atom. The average molecular weight is 353 g/mol. The quantitative estimate of drug-likeness (QED) is 0.731. The molecule has 1 aromatic rings. The van der Waals surface area contributed by atoms with Crippen molar-refractivity contribution in [2.45, 2.75) is 23.8 Å². The largest absolute Gasteiger partial charge is 0.379 e. The van der Waals surface area contributed by atoms with Gasteiger partial charge in [0.1, 0.15) is 0 Å². The highest BCUT2D eigenvalue weighted by atomic mass is 32.2. The van der Waals surface area contributed by atoms with Crippen LogP contribution >= 0.6 is 0 Å². The van der Waals surface area contributed by atoms with Crippen LogP contribution in [0.25, 0.3) is 0 Å². The maximum Gasteiger partial charge on any atom is 0.251 e. The van der Waals surface area contributed by atoms with E-state index in [2.05, 4.69) is 14.9 Å². The van der Waals surface area contributed by atoms with E-state index in [1.54, 1.807) is 12.1 Å². The second-order valence-electron chi connectivity index (χ2n) is 6.13. The summed E-state index contributed by atoms with van der Waals surface area (Å²) in [5.41, 5.74) is 0.357. The van der Waals surface area contributed by atoms with E-state index in [0.717, 1.165) is 45.7 Å². The first-order valence-corrected chi connectivity index (χ1v) is 9.73. The number of carbonyl (C=O) groups excluding carboxylic acids is 1. The molecule has 0 atom stereocenters. The molecule has 1 heterocycles. The molecule has 1 aliphatic carbocycles. The number of rotatable bonds is 7. The number of benzene rings is 1. The summed E-state index contributed by atoms with van der Waals surface area (Å²) in [4.78, 5) is 14.6. The van der Waals surface area contributed by atoms with Crippen LogP contribution in [-0.4, -0.2) is 64.7 Å². The predicted molar refractivity (Wildman–Crippen MR) is 89.4 cm³/mol. The van der Waals surface area contributed by atoms with Crippen LogP contribution in [0.4, 0.5) is 0 Å². The van der Waals surface area contributed by atoms with Crippen LogP contribution in [0.2, 0.25) is 0 Å². The summed E-state index contributed by atoms with van der Waals surface area (Å²) in [7, 11) is -3.54. The van der Waals surface area contributed by atoms with E-state index in [1.807, 2.05) is 0 Å². The third-order valence-corrected chi connectivity index (χ3v) is 5.64. The Morgan fingerprint density at radius 3 is 2.71 bits per heavy atom. The van der Waals surface area contributed by atoms with Crippen molar-refractivity contribution in [2.75, 3.05) is 39.4 Å². The average Bonchev–Trinajstić information content (AvgIpc) is 3.39. The molecule has 1 aromatic carbocycles. The SMILES string of the molecule is O=C(NCCN1CCOCC1)c1cccc(S(=O)(=O)NC2CC2)c1. The molecule has 2 fully saturated rings. The van der Waals surface area contributed by atoms with Crippen molar-refractivity contribution in [3.63, 3.8) is 0 Å². The summed E-state index contributed by atoms with van der Waals surface area (Å²) < 4.78 is 32.3. The summed E-state index contributed by atoms with van der Waals surface area (Å²) >= 11 is 0. The van der Waals surface area contributed by atoms with Gasteiger partial charge in [-0.15, -0.1) is 0 Å². The molecule has 3 rings (SSSR count). The number of carbonyl (C=O) groups is 1. The Morgan fingerprint density at radius 2 is 2.00 bits per heavy atom. The van der Waals surface area contributed by atoms with Gasteiger partial charge in [0.05, 0.1) is 18.1 Å². The first kappa shape index (κ1) is 17.3. The van der Waals surface area contributed by atoms with Crippen molar-refractivity contribution in [3.05, 3.63) is 29.8 Å². The van der Waals surface area contributed by atoms with Crippen LogP contribution in [0.15, 0.2) is 29.2 Å². The number of nitrogens with one attached hydrogen (secondary N) is 2. The second-order valence-corrected chi connectivity index (χ2v) is 7.85. The molecule has 8 heteroatoms. The zero-order valence-corrected chi connectivity index (χ0v) is 14.3. The summed E-state index contributed by atoms with van der Waals surface area (Å²) in [6, 6.07) is 6.20. The number of morpholine rings is 1. The molecule has 1 aliphatic heterocycles. The summed E-state index contributed by atoms with van der Waals surface area (Å²) in [5.74, 6) is -0.258. The number of hydrogen-bond acceptors (Lipinski definition) is 5. The lowest BCUT2D eigenvalue weighted by Crippen LogP contribution is -2.41. The topological polar surface area (TPSA) is 87.7 Å². The fourth-order valence-electron chi connectivity index (χ4n) is 2.55. The van der Waals surface area contributed by atoms with E-state index >= 15 is 0 Å². The van der Waals surface area contributed by atoms with Gasteiger partial charge in [0.25, 0.3) is 5.91 Å². The van der Waals surface area contributed by atoms with Gasteiger partial charge < -0.3 is 10.1 Å². The third-order valence-electron chi connectivity index (χ3n) is 4.12. The van der Waals surface area contributed by atoms with Crippen molar-refractivity contribution < 1.29 is 17.9 Å². The Labute approximate surface area is 142 Å². The lowest BCUT2D eigenvalue weighted by atomic mass is 10.2. The van der Waals surface area contributed by atoms with Crippen molar-refractivity contribution in [2.24, 2.45) is 0 Å². The molecule has 1 saturated carbocycles. The minimum absolute atomic E-state index is 0.0426. The van der Waals surface area contributed by atoms with Crippen LogP contribution in [-0.2, 0) is 14.8 Å². The molecular formula is C16H23N3O4S. The van der Waals surface area contributed by atoms with E-state index in [9.17, 15) is 13.2 Å². The van der Waals surface area contributed by atoms with Crippen LogP contribution in [0.3, 0.4) is 0 Å². The third kappa shape index (κ3) is 4.76. The molecule has 2 aliphatic rings. The predicted octanol–water partition coefficient (Wildman–Crippen LogP) is 0.189. The molecule has 0 spiro atoms. The molecule has 0 bridgehead atoms. The van der Waals surface area contributed by atoms with Gasteiger partial charge in [-0.25, -0.2) is 13.1 Å². The smallest absolute Gasteiger partial charge is 0.251 e. The molecule has 7 nitrogen and oxygen atoms in total. The summed E-state index contributed by atoms with van der Waals surface area (Å²) in [6.45, 7) is 4.48. The molecule has 24 heavy (non-hydrogen) atoms. The van der Waals surface area contributed by atoms with Gasteiger partial charge in [-0.2, -0.15) is 0 Å². The van der Waals surface area contributed by atoms with Crippen molar-refractivity contribution >= 4 is 15.9 Å². The van der Waals surface area contributed by atoms with Crippen molar-refractivity contribution in [1.29, 1.82) is 0 Å². The molecule has 0 unspecified atom stereocenters. The molecular weight excluding hydrogens is 330 g/mol. The van der Waals surface area contributed by atoms with E-state index < -0.39 is 10.0 Å². The number of ether oxygens (including phenoxy) is 1. The standard InChI is InChI=1S/C16H23N3O4S/c20-16(17-6-7-19-8-10-23-11-9-19)13-2-1-3-15(12-13)24(21,22)18-14-4-5-14/h1-3,12,14,18H,4-11H2,(H,17,20). The van der Waals surface area contributed by atoms with Gasteiger partial charge in [0.2, 0.25) is 10.0 Å². The second kappa shape index (κ2) is 7.60. The molecule has 0 aromatic heterocycles. The van der Waals surface area contributed by atoms with E-state index in [1.165, 1.54) is 12.1 Å². The Bertz CT molecular complexity index is 682. The van der Waals surface area contributed by atoms with Crippen molar-refractivity contribution in [3.8, 4) is 0 Å². The van der Waals surface area contributed by atoms with Gasteiger partial charge in [-0.1, -0.05) is 6.07 Å². The number of nitrogens with zero attached hydrogens (tertiary/aromatic N) is 1. The van der Waals surface area contributed by atoms with Gasteiger partial charge in [-0.05, 0) is 31.0 Å². The Balaban J connectivity index is 1.55. The lowest BCUT2D eigenvalue weighted by molar-refractivity contribution is 0.0383. The highest BCUT2D eigenvalue weighted by Gasteiger charge is 2.28. The first-order valence-electron chi connectivity index (χ1n) is 8.25. The molecule has 1 amide bonds. The van der Waals surface area contributed by atoms with Crippen LogP contribution in [0.5, 0.6) is 0 Å². The first-order chi connectivity index (χ1) is 11.5. The zero-order chi connectivity index (χ0) is 17.0.